The van der Waals surface area contributed by atoms with Crippen LogP contribution in [-0.2, 0) is 103 Å². The van der Waals surface area contributed by atoms with Crippen molar-refractivity contribution in [2.75, 3.05) is 62.5 Å². The highest BCUT2D eigenvalue weighted by atomic mass is 19.1. The van der Waals surface area contributed by atoms with Crippen molar-refractivity contribution in [3.8, 4) is 46.0 Å². The molecule has 4 unspecified atom stereocenters. The molecule has 130 heavy (non-hydrogen) atoms. The Hall–Kier alpha value is -9.25. The van der Waals surface area contributed by atoms with Crippen molar-refractivity contribution in [3.05, 3.63) is 234 Å². The van der Waals surface area contributed by atoms with Crippen molar-refractivity contribution < 1.29 is 97.1 Å². The van der Waals surface area contributed by atoms with Gasteiger partial charge in [-0.3, -0.25) is 9.59 Å². The van der Waals surface area contributed by atoms with Crippen LogP contribution < -0.4 is 18.9 Å². The molecule has 0 saturated heterocycles. The van der Waals surface area contributed by atoms with Crippen LogP contribution in [0.5, 0.6) is 46.0 Å². The van der Waals surface area contributed by atoms with Crippen LogP contribution in [0.4, 0.5) is 4.39 Å². The number of halogens is 1. The van der Waals surface area contributed by atoms with Crippen molar-refractivity contribution >= 4 is 11.9 Å². The number of hydrogen-bond acceptors (Lipinski definition) is 17. The number of aliphatic hydroxyl groups excluding tert-OH is 1. The number of carbonyl (C=O) groups is 2. The minimum Gasteiger partial charge on any atom is -0.507 e. The summed E-state index contributed by atoms with van der Waals surface area (Å²) in [4.78, 5) is 20.5. The zero-order chi connectivity index (χ0) is 88.5. The van der Waals surface area contributed by atoms with Gasteiger partial charge < -0.3 is 83.1 Å². The Labute approximate surface area is 792 Å². The van der Waals surface area contributed by atoms with Gasteiger partial charge in [-0.1, -0.05) is 226 Å². The number of aromatic hydroxyl groups is 4. The van der Waals surface area contributed by atoms with Gasteiger partial charge in [-0.25, -0.2) is 4.39 Å². The quantitative estimate of drug-likeness (QED) is 0.0176. The Morgan fingerprint density at radius 3 is 0.938 bits per heavy atom. The highest BCUT2D eigenvalue weighted by molar-refractivity contribution is 5.73. The lowest BCUT2D eigenvalue weighted by molar-refractivity contribution is -0.147. The second-order valence-electron chi connectivity index (χ2n) is 31.7. The number of carboxylic acids is 2. The van der Waals surface area contributed by atoms with Gasteiger partial charge in [0.25, 0.3) is 0 Å². The van der Waals surface area contributed by atoms with Crippen LogP contribution in [0.25, 0.3) is 0 Å². The number of phenolic OH excluding ortho intramolecular Hbond substituents is 3. The van der Waals surface area contributed by atoms with Gasteiger partial charge >= 0.3 is 11.9 Å². The summed E-state index contributed by atoms with van der Waals surface area (Å²) in [5.74, 6) is 3.54. The molecule has 0 aromatic heterocycles. The fourth-order valence-electron chi connectivity index (χ4n) is 11.8. The zero-order valence-electron chi connectivity index (χ0n) is 74.7. The van der Waals surface area contributed by atoms with E-state index in [1.165, 1.54) is 28.8 Å². The van der Waals surface area contributed by atoms with Gasteiger partial charge in [-0.15, -0.1) is 0 Å². The summed E-state index contributed by atoms with van der Waals surface area (Å²) < 4.78 is 69.0. The van der Waals surface area contributed by atoms with Gasteiger partial charge in [-0.2, -0.15) is 0 Å². The standard InChI is InChI=1S/C35H48O7.C22H30O4.C19H24O3.C10H13FO.2C6H12O2.12CH4/c1-9-24(2)25-10-12-32(13-11-25)41-14-15-42-34-28(22-39-7)18-31(19-29(34)23-40-8)35(3,4)30-16-26(20-37-5)33(36)27(17-30)21-38-6;1-5-16(2)18-6-8-21(9-7-18)26-11-10-17-12-19(14-24-3)22(23)20(13-17)15-25-4;1-4-14(3)15-5-7-18(8-6-15)22-12-17-10-13(2)9-16(11-20)19(17)21;1-3-7(2)8-4-5-10(12)9(11)6-8;2*1-4-6(2,3)5(7)8;;;;;;;;;;;;/h10-13,16-19,24,36H,9,14-15,20-23H2,1-8H3;6-9,12-13,16,23H,5,10-11,14-15H2,1-4H3;5-10,14,20-21H,4,11-12H2,1-3H3;4-7,12H,3H2,1-2H3;2*4H2,1-3H3,(H,7,8);12*1H4. The number of aliphatic carboxylic acids is 2. The van der Waals surface area contributed by atoms with E-state index in [1.807, 2.05) is 94.4 Å². The first-order valence-corrected chi connectivity index (χ1v) is 41.0. The van der Waals surface area contributed by atoms with Gasteiger partial charge in [0.2, 0.25) is 0 Å². The molecule has 7 N–H and O–H groups in total. The van der Waals surface area contributed by atoms with Crippen LogP contribution in [0, 0.1) is 23.6 Å². The molecule has 0 aliphatic heterocycles. The molecule has 4 atom stereocenters. The molecule has 748 valence electrons. The molecule has 0 saturated carbocycles. The van der Waals surface area contributed by atoms with E-state index in [4.69, 9.17) is 62.7 Å². The maximum atomic E-state index is 12.8. The van der Waals surface area contributed by atoms with E-state index in [9.17, 15) is 34.4 Å². The van der Waals surface area contributed by atoms with Crippen molar-refractivity contribution in [2.45, 2.75) is 334 Å². The van der Waals surface area contributed by atoms with Crippen LogP contribution >= 0.6 is 0 Å². The second-order valence-corrected chi connectivity index (χ2v) is 31.7. The maximum Gasteiger partial charge on any atom is 0.309 e. The van der Waals surface area contributed by atoms with E-state index in [0.717, 1.165) is 116 Å². The third-order valence-corrected chi connectivity index (χ3v) is 21.6. The lowest BCUT2D eigenvalue weighted by atomic mass is 9.76. The molecular formula is C110H187FO19. The summed E-state index contributed by atoms with van der Waals surface area (Å²) in [7, 11) is 9.83. The first-order chi connectivity index (χ1) is 56.0. The lowest BCUT2D eigenvalue weighted by Gasteiger charge is -2.30. The predicted octanol–water partition coefficient (Wildman–Crippen LogP) is 30.1. The number of methoxy groups -OCH3 is 6. The highest BCUT2D eigenvalue weighted by Gasteiger charge is 2.30. The highest BCUT2D eigenvalue weighted by Crippen LogP contribution is 2.41. The molecule has 0 radical (unpaired) electrons. The number of benzene rings is 8. The molecular weight excluding hydrogens is 1640 g/mol. The Morgan fingerprint density at radius 1 is 0.354 bits per heavy atom. The topological polar surface area (TPSA) is 268 Å². The van der Waals surface area contributed by atoms with E-state index < -0.39 is 34.0 Å². The lowest BCUT2D eigenvalue weighted by Crippen LogP contribution is -2.21. The number of rotatable bonds is 39. The monoisotopic (exact) mass is 1830 g/mol. The number of phenols is 4. The number of ether oxygens (including phenoxy) is 10. The van der Waals surface area contributed by atoms with Crippen LogP contribution in [0.3, 0.4) is 0 Å². The van der Waals surface area contributed by atoms with Crippen LogP contribution in [-0.4, -0.2) is 110 Å². The molecule has 0 heterocycles. The largest absolute Gasteiger partial charge is 0.507 e. The second kappa shape index (κ2) is 72.4. The summed E-state index contributed by atoms with van der Waals surface area (Å²) in [5, 5.41) is 66.2. The molecule has 0 aliphatic carbocycles. The smallest absolute Gasteiger partial charge is 0.309 e. The molecule has 0 aliphatic rings. The third-order valence-electron chi connectivity index (χ3n) is 21.6. The Balaban J connectivity index is -0.000000178. The van der Waals surface area contributed by atoms with E-state index in [-0.39, 0.29) is 125 Å². The summed E-state index contributed by atoms with van der Waals surface area (Å²) in [6.45, 7) is 37.8. The van der Waals surface area contributed by atoms with E-state index >= 15 is 0 Å². The molecule has 0 bridgehead atoms. The number of aliphatic hydroxyl groups is 1. The molecule has 0 spiro atoms. The van der Waals surface area contributed by atoms with Gasteiger partial charge in [0.1, 0.15) is 60.1 Å². The van der Waals surface area contributed by atoms with Crippen molar-refractivity contribution in [1.29, 1.82) is 0 Å². The molecule has 8 aromatic rings. The molecule has 0 amide bonds. The molecule has 19 nitrogen and oxygen atoms in total. The van der Waals surface area contributed by atoms with Crippen LogP contribution in [0.2, 0.25) is 0 Å². The number of carboxylic acid groups (broad SMARTS) is 2. The molecule has 8 rings (SSSR count). The number of hydrogen-bond donors (Lipinski definition) is 7. The predicted molar refractivity (Wildman–Crippen MR) is 549 cm³/mol. The fourth-order valence-corrected chi connectivity index (χ4v) is 11.8. The van der Waals surface area contributed by atoms with Crippen molar-refractivity contribution in [1.82, 2.24) is 0 Å². The average molecular weight is 1830 g/mol. The maximum absolute atomic E-state index is 12.8. The number of aryl methyl sites for hydroxylation is 1. The normalized spacial score (nSPS) is 11.1. The van der Waals surface area contributed by atoms with E-state index in [2.05, 4.69) is 111 Å². The first kappa shape index (κ1) is 141. The van der Waals surface area contributed by atoms with Gasteiger partial charge in [0, 0.05) is 99.0 Å². The zero-order valence-corrected chi connectivity index (χ0v) is 74.7. The van der Waals surface area contributed by atoms with Crippen molar-refractivity contribution in [2.24, 2.45) is 10.8 Å². The minimum atomic E-state index is -0.722. The van der Waals surface area contributed by atoms with Crippen molar-refractivity contribution in [3.63, 3.8) is 0 Å². The Morgan fingerprint density at radius 2 is 0.631 bits per heavy atom. The molecule has 20 heteroatoms. The average Bonchev–Trinajstić information content (AvgIpc) is 0.765. The first-order valence-electron chi connectivity index (χ1n) is 41.0. The summed E-state index contributed by atoms with van der Waals surface area (Å²) in [6.07, 6.45) is 6.45. The minimum absolute atomic E-state index is 0. The fraction of sp³-hybridized carbons (Fsp3) is 0.545. The Bertz CT molecular complexity index is 4140. The Kier molecular flexibility index (Phi) is 78.6. The van der Waals surface area contributed by atoms with Gasteiger partial charge in [0.05, 0.1) is 63.7 Å². The summed E-state index contributed by atoms with van der Waals surface area (Å²) in [5.41, 5.74) is 13.7. The third kappa shape index (κ3) is 45.7. The molecule has 8 aromatic carbocycles. The van der Waals surface area contributed by atoms with Crippen LogP contribution in [0.1, 0.15) is 351 Å². The molecule has 0 fully saturated rings. The van der Waals surface area contributed by atoms with E-state index in [1.54, 1.807) is 82.5 Å². The SMILES string of the molecule is C.C.C.C.C.C.C.C.C.C.C.C.CCC(C)(C)C(=O)O.CCC(C)(C)C(=O)O.CCC(C)c1ccc(O)c(F)c1.CCC(C)c1ccc(OCCOc2c(COC)cc(C(C)(C)c3cc(COC)c(O)c(COC)c3)cc2COC)cc1.CCC(C)c1ccc(OCCc2cc(COC)c(O)c(COC)c2)cc1.CCC(C)c1ccc(OCc2cc(C)cc(CO)c2O)cc1. The summed E-state index contributed by atoms with van der Waals surface area (Å²) >= 11 is 0. The van der Waals surface area contributed by atoms with Gasteiger partial charge in [0.15, 0.2) is 11.6 Å². The van der Waals surface area contributed by atoms with Crippen LogP contribution in [0.15, 0.2) is 140 Å². The summed E-state index contributed by atoms with van der Waals surface area (Å²) in [6, 6.07) is 45.1. The van der Waals surface area contributed by atoms with Gasteiger partial charge in [-0.05, 0) is 227 Å². The van der Waals surface area contributed by atoms with E-state index in [0.29, 0.717) is 107 Å².